The van der Waals surface area contributed by atoms with E-state index in [-0.39, 0.29) is 10.5 Å². The highest BCUT2D eigenvalue weighted by Gasteiger charge is 2.18. The highest BCUT2D eigenvalue weighted by atomic mass is 32.2. The number of benzene rings is 2. The van der Waals surface area contributed by atoms with Crippen molar-refractivity contribution in [3.8, 4) is 5.75 Å². The number of carbonyl (C=O) groups excluding carboxylic acids is 2. The van der Waals surface area contributed by atoms with Gasteiger partial charge in [-0.05, 0) is 42.5 Å². The second kappa shape index (κ2) is 9.76. The Labute approximate surface area is 180 Å². The number of ether oxygens (including phenoxy) is 1. The van der Waals surface area contributed by atoms with Crippen molar-refractivity contribution in [3.05, 3.63) is 54.1 Å². The molecule has 13 heteroatoms. The van der Waals surface area contributed by atoms with Gasteiger partial charge in [0, 0.05) is 18.3 Å². The van der Waals surface area contributed by atoms with E-state index in [9.17, 15) is 26.4 Å². The number of likely N-dealkylation sites (N-methyl/N-ethyl adjacent to an activating group) is 1. The summed E-state index contributed by atoms with van der Waals surface area (Å²) in [6.07, 6.45) is 0.935. The van der Waals surface area contributed by atoms with E-state index in [0.717, 1.165) is 16.6 Å². The van der Waals surface area contributed by atoms with Crippen LogP contribution < -0.4 is 20.3 Å². The molecule has 2 rings (SSSR count). The Morgan fingerprint density at radius 2 is 1.65 bits per heavy atom. The molecule has 0 fully saturated rings. The number of methoxy groups -OCH3 is 1. The van der Waals surface area contributed by atoms with Crippen LogP contribution in [0.1, 0.15) is 10.4 Å². The maximum absolute atomic E-state index is 12.6. The molecule has 0 aliphatic carbocycles. The van der Waals surface area contributed by atoms with Crippen molar-refractivity contribution in [2.45, 2.75) is 4.90 Å². The average Bonchev–Trinajstić information content (AvgIpc) is 2.71. The zero-order valence-corrected chi connectivity index (χ0v) is 18.6. The van der Waals surface area contributed by atoms with E-state index in [4.69, 9.17) is 4.74 Å². The van der Waals surface area contributed by atoms with Crippen LogP contribution in [0.3, 0.4) is 0 Å². The molecule has 2 aromatic rings. The SMILES string of the molecule is COc1ccc(NS(=O)(=O)c2cccc(C(=O)NNC(=O)CN(C)S(C)(=O)=O)c2)cc1. The maximum Gasteiger partial charge on any atom is 0.269 e. The van der Waals surface area contributed by atoms with Crippen LogP contribution in [0, 0.1) is 0 Å². The summed E-state index contributed by atoms with van der Waals surface area (Å²) in [5.74, 6) is -0.991. The topological polar surface area (TPSA) is 151 Å². The summed E-state index contributed by atoms with van der Waals surface area (Å²) < 4.78 is 56.0. The Morgan fingerprint density at radius 3 is 2.23 bits per heavy atom. The molecule has 0 unspecified atom stereocenters. The van der Waals surface area contributed by atoms with E-state index in [1.807, 2.05) is 0 Å². The normalized spacial score (nSPS) is 11.6. The van der Waals surface area contributed by atoms with Crippen LogP contribution in [0.25, 0.3) is 0 Å². The van der Waals surface area contributed by atoms with Gasteiger partial charge in [0.05, 0.1) is 24.8 Å². The summed E-state index contributed by atoms with van der Waals surface area (Å²) in [7, 11) is -4.85. The highest BCUT2D eigenvalue weighted by molar-refractivity contribution is 7.92. The van der Waals surface area contributed by atoms with Crippen LogP contribution >= 0.6 is 0 Å². The van der Waals surface area contributed by atoms with Gasteiger partial charge < -0.3 is 4.74 Å². The number of hydrogen-bond donors (Lipinski definition) is 3. The predicted octanol–water partition coefficient (Wildman–Crippen LogP) is 0.148. The lowest BCUT2D eigenvalue weighted by molar-refractivity contribution is -0.121. The number of nitrogens with one attached hydrogen (secondary N) is 3. The van der Waals surface area contributed by atoms with Crippen LogP contribution in [-0.4, -0.2) is 59.9 Å². The molecule has 0 saturated carbocycles. The molecule has 2 amide bonds. The monoisotopic (exact) mass is 470 g/mol. The third kappa shape index (κ3) is 6.94. The van der Waals surface area contributed by atoms with Crippen molar-refractivity contribution in [1.29, 1.82) is 0 Å². The zero-order valence-electron chi connectivity index (χ0n) is 16.9. The third-order valence-electron chi connectivity index (χ3n) is 4.00. The van der Waals surface area contributed by atoms with E-state index in [0.29, 0.717) is 11.4 Å². The summed E-state index contributed by atoms with van der Waals surface area (Å²) in [5.41, 5.74) is 4.45. The molecule has 0 saturated heterocycles. The Kier molecular flexibility index (Phi) is 7.60. The van der Waals surface area contributed by atoms with Gasteiger partial charge in [0.2, 0.25) is 10.0 Å². The van der Waals surface area contributed by atoms with Gasteiger partial charge >= 0.3 is 0 Å². The number of carbonyl (C=O) groups is 2. The van der Waals surface area contributed by atoms with E-state index in [2.05, 4.69) is 15.6 Å². The maximum atomic E-state index is 12.6. The van der Waals surface area contributed by atoms with Crippen LogP contribution in [0.5, 0.6) is 5.75 Å². The Bertz CT molecular complexity index is 1160. The fourth-order valence-electron chi connectivity index (χ4n) is 2.24. The van der Waals surface area contributed by atoms with Crippen molar-refractivity contribution < 1.29 is 31.2 Å². The van der Waals surface area contributed by atoms with E-state index in [1.54, 1.807) is 12.1 Å². The molecule has 0 radical (unpaired) electrons. The van der Waals surface area contributed by atoms with E-state index >= 15 is 0 Å². The molecule has 0 aliphatic rings. The van der Waals surface area contributed by atoms with Gasteiger partial charge in [0.15, 0.2) is 0 Å². The summed E-state index contributed by atoms with van der Waals surface area (Å²) in [6, 6.07) is 11.4. The number of amides is 2. The first kappa shape index (κ1) is 24.1. The van der Waals surface area contributed by atoms with Gasteiger partial charge in [-0.1, -0.05) is 6.07 Å². The number of rotatable bonds is 8. The number of anilines is 1. The summed E-state index contributed by atoms with van der Waals surface area (Å²) in [4.78, 5) is 23.8. The van der Waals surface area contributed by atoms with Crippen LogP contribution in [0.15, 0.2) is 53.4 Å². The number of nitrogens with zero attached hydrogens (tertiary/aromatic N) is 1. The molecule has 0 aromatic heterocycles. The zero-order chi connectivity index (χ0) is 23.2. The highest BCUT2D eigenvalue weighted by Crippen LogP contribution is 2.20. The fraction of sp³-hybridized carbons (Fsp3) is 0.222. The molecule has 0 bridgehead atoms. The Morgan fingerprint density at radius 1 is 1.00 bits per heavy atom. The predicted molar refractivity (Wildman–Crippen MR) is 113 cm³/mol. The summed E-state index contributed by atoms with van der Waals surface area (Å²) in [5, 5.41) is 0. The van der Waals surface area contributed by atoms with Gasteiger partial charge in [-0.15, -0.1) is 0 Å². The first-order valence-corrected chi connectivity index (χ1v) is 12.0. The second-order valence-electron chi connectivity index (χ2n) is 6.38. The first-order chi connectivity index (χ1) is 14.4. The average molecular weight is 471 g/mol. The number of hydrogen-bond acceptors (Lipinski definition) is 7. The lowest BCUT2D eigenvalue weighted by atomic mass is 10.2. The van der Waals surface area contributed by atoms with Gasteiger partial charge in [-0.2, -0.15) is 4.31 Å². The van der Waals surface area contributed by atoms with Gasteiger partial charge in [0.25, 0.3) is 21.8 Å². The van der Waals surface area contributed by atoms with Crippen molar-refractivity contribution in [2.24, 2.45) is 0 Å². The molecule has 0 atom stereocenters. The van der Waals surface area contributed by atoms with Gasteiger partial charge in [0.1, 0.15) is 5.75 Å². The van der Waals surface area contributed by atoms with Crippen molar-refractivity contribution in [3.63, 3.8) is 0 Å². The van der Waals surface area contributed by atoms with Crippen LogP contribution in [0.4, 0.5) is 5.69 Å². The van der Waals surface area contributed by atoms with Crippen molar-refractivity contribution in [2.75, 3.05) is 31.7 Å². The minimum atomic E-state index is -3.98. The third-order valence-corrected chi connectivity index (χ3v) is 6.64. The largest absolute Gasteiger partial charge is 0.497 e. The van der Waals surface area contributed by atoms with Gasteiger partial charge in [-0.25, -0.2) is 16.8 Å². The van der Waals surface area contributed by atoms with Crippen molar-refractivity contribution in [1.82, 2.24) is 15.2 Å². The molecule has 0 aliphatic heterocycles. The summed E-state index contributed by atoms with van der Waals surface area (Å²) >= 11 is 0. The van der Waals surface area contributed by atoms with Crippen LogP contribution in [-0.2, 0) is 24.8 Å². The lowest BCUT2D eigenvalue weighted by Gasteiger charge is -2.14. The minimum Gasteiger partial charge on any atom is -0.497 e. The Hall–Kier alpha value is -3.16. The van der Waals surface area contributed by atoms with E-state index in [1.165, 1.54) is 44.5 Å². The lowest BCUT2D eigenvalue weighted by Crippen LogP contribution is -2.46. The van der Waals surface area contributed by atoms with E-state index < -0.39 is 38.4 Å². The smallest absolute Gasteiger partial charge is 0.269 e. The standard InChI is InChI=1S/C18H22N4O7S2/c1-22(30(3,25)26)12-17(23)19-20-18(24)13-5-4-6-16(11-13)31(27,28)21-14-7-9-15(29-2)10-8-14/h4-11,21H,12H2,1-3H3,(H,19,23)(H,20,24). The molecule has 3 N–H and O–H groups in total. The Balaban J connectivity index is 2.06. The molecular weight excluding hydrogens is 448 g/mol. The minimum absolute atomic E-state index is 0.0330. The summed E-state index contributed by atoms with van der Waals surface area (Å²) in [6.45, 7) is -0.501. The number of hydrazine groups is 1. The molecule has 0 heterocycles. The molecule has 2 aromatic carbocycles. The molecule has 168 valence electrons. The molecule has 0 spiro atoms. The van der Waals surface area contributed by atoms with Crippen LogP contribution in [0.2, 0.25) is 0 Å². The van der Waals surface area contributed by atoms with Crippen molar-refractivity contribution >= 4 is 37.5 Å². The number of sulfonamides is 2. The molecule has 31 heavy (non-hydrogen) atoms. The first-order valence-electron chi connectivity index (χ1n) is 8.70. The second-order valence-corrected chi connectivity index (χ2v) is 10.2. The quantitative estimate of drug-likeness (QED) is 0.465. The van der Waals surface area contributed by atoms with Gasteiger partial charge in [-0.3, -0.25) is 25.2 Å². The molecular formula is C18H22N4O7S2. The molecule has 11 nitrogen and oxygen atoms in total. The fourth-order valence-corrected chi connectivity index (χ4v) is 3.69.